The number of ether oxygens (including phenoxy) is 1. The highest BCUT2D eigenvalue weighted by atomic mass is 32.2. The molecule has 0 aliphatic heterocycles. The molecule has 1 N–H and O–H groups in total. The van der Waals surface area contributed by atoms with Crippen molar-refractivity contribution in [2.24, 2.45) is 0 Å². The van der Waals surface area contributed by atoms with Crippen LogP contribution < -0.4 is 4.74 Å². The van der Waals surface area contributed by atoms with Crippen molar-refractivity contribution >= 4 is 34.5 Å². The molecule has 0 heterocycles. The molecular formula is C16H19NO6S. The molecule has 0 fully saturated rings. The second-order valence-corrected chi connectivity index (χ2v) is 6.42. The van der Waals surface area contributed by atoms with Crippen LogP contribution >= 0.6 is 11.8 Å². The monoisotopic (exact) mass is 353 g/mol. The SMILES string of the molecule is COc1ccc(C(=O)C(CC(=O)N(C)CC(=O)O)SC(C)=O)cc1. The molecule has 0 spiro atoms. The molecule has 7 nitrogen and oxygen atoms in total. The number of carboxylic acid groups (broad SMARTS) is 1. The summed E-state index contributed by atoms with van der Waals surface area (Å²) in [5, 5.41) is 7.52. The number of amides is 1. The summed E-state index contributed by atoms with van der Waals surface area (Å²) in [5.41, 5.74) is 0.350. The number of thioether (sulfide) groups is 1. The minimum absolute atomic E-state index is 0.251. The zero-order valence-corrected chi connectivity index (χ0v) is 14.5. The van der Waals surface area contributed by atoms with Crippen molar-refractivity contribution in [1.29, 1.82) is 0 Å². The Morgan fingerprint density at radius 3 is 2.25 bits per heavy atom. The number of carbonyl (C=O) groups is 4. The van der Waals surface area contributed by atoms with E-state index in [-0.39, 0.29) is 17.3 Å². The van der Waals surface area contributed by atoms with Crippen molar-refractivity contribution in [2.75, 3.05) is 20.7 Å². The number of nitrogens with zero attached hydrogens (tertiary/aromatic N) is 1. The predicted octanol–water partition coefficient (Wildman–Crippen LogP) is 1.46. The van der Waals surface area contributed by atoms with Gasteiger partial charge < -0.3 is 14.7 Å². The van der Waals surface area contributed by atoms with Crippen LogP contribution in [0.4, 0.5) is 0 Å². The van der Waals surface area contributed by atoms with Gasteiger partial charge in [0.05, 0.1) is 12.4 Å². The van der Waals surface area contributed by atoms with Gasteiger partial charge in [-0.2, -0.15) is 0 Å². The topological polar surface area (TPSA) is 101 Å². The molecule has 0 saturated carbocycles. The maximum absolute atomic E-state index is 12.6. The first-order valence-corrected chi connectivity index (χ1v) is 7.93. The Hall–Kier alpha value is -2.35. The Bertz CT molecular complexity index is 628. The van der Waals surface area contributed by atoms with Gasteiger partial charge in [-0.1, -0.05) is 11.8 Å². The van der Waals surface area contributed by atoms with Crippen molar-refractivity contribution in [2.45, 2.75) is 18.6 Å². The van der Waals surface area contributed by atoms with Gasteiger partial charge in [0.25, 0.3) is 0 Å². The summed E-state index contributed by atoms with van der Waals surface area (Å²) in [6, 6.07) is 6.34. The molecule has 1 rings (SSSR count). The first kappa shape index (κ1) is 19.7. The highest BCUT2D eigenvalue weighted by Gasteiger charge is 2.27. The predicted molar refractivity (Wildman–Crippen MR) is 89.3 cm³/mol. The van der Waals surface area contributed by atoms with Crippen molar-refractivity contribution < 1.29 is 29.0 Å². The molecular weight excluding hydrogens is 334 g/mol. The molecule has 0 bridgehead atoms. The van der Waals surface area contributed by atoms with E-state index in [9.17, 15) is 19.2 Å². The van der Waals surface area contributed by atoms with E-state index < -0.39 is 23.7 Å². The quantitative estimate of drug-likeness (QED) is 0.706. The van der Waals surface area contributed by atoms with Gasteiger partial charge in [-0.05, 0) is 24.3 Å². The standard InChI is InChI=1S/C16H19NO6S/c1-10(18)24-13(8-14(19)17(2)9-15(20)21)16(22)11-4-6-12(23-3)7-5-11/h4-7,13H,8-9H2,1-3H3,(H,20,21). The van der Waals surface area contributed by atoms with Gasteiger partial charge in [0.15, 0.2) is 10.9 Å². The maximum atomic E-state index is 12.6. The molecule has 130 valence electrons. The van der Waals surface area contributed by atoms with Crippen LogP contribution in [-0.2, 0) is 14.4 Å². The average molecular weight is 353 g/mol. The molecule has 8 heteroatoms. The van der Waals surface area contributed by atoms with Gasteiger partial charge in [-0.3, -0.25) is 19.2 Å². The third-order valence-electron chi connectivity index (χ3n) is 3.13. The third-order valence-corrected chi connectivity index (χ3v) is 4.13. The lowest BCUT2D eigenvalue weighted by Crippen LogP contribution is -2.35. The van der Waals surface area contributed by atoms with E-state index in [1.54, 1.807) is 24.3 Å². The van der Waals surface area contributed by atoms with Crippen molar-refractivity contribution in [1.82, 2.24) is 4.90 Å². The summed E-state index contributed by atoms with van der Waals surface area (Å²) in [6.07, 6.45) is -0.251. The van der Waals surface area contributed by atoms with Gasteiger partial charge in [-0.15, -0.1) is 0 Å². The van der Waals surface area contributed by atoms with Crippen LogP contribution in [0.15, 0.2) is 24.3 Å². The summed E-state index contributed by atoms with van der Waals surface area (Å²) in [4.78, 5) is 47.7. The van der Waals surface area contributed by atoms with Gasteiger partial charge in [-0.25, -0.2) is 0 Å². The number of likely N-dealkylation sites (N-methyl/N-ethyl adjacent to an activating group) is 1. The van der Waals surface area contributed by atoms with Gasteiger partial charge in [0, 0.05) is 26.0 Å². The average Bonchev–Trinajstić information content (AvgIpc) is 2.52. The molecule has 0 aromatic heterocycles. The van der Waals surface area contributed by atoms with E-state index in [4.69, 9.17) is 9.84 Å². The number of methoxy groups -OCH3 is 1. The third kappa shape index (κ3) is 6.04. The Labute approximate surface area is 144 Å². The summed E-state index contributed by atoms with van der Waals surface area (Å²) >= 11 is 0.762. The molecule has 0 saturated heterocycles. The molecule has 1 amide bonds. The van der Waals surface area contributed by atoms with Crippen LogP contribution in [-0.4, -0.2) is 58.7 Å². The van der Waals surface area contributed by atoms with Crippen molar-refractivity contribution in [3.05, 3.63) is 29.8 Å². The fourth-order valence-electron chi connectivity index (χ4n) is 1.93. The Kier molecular flexibility index (Phi) is 7.44. The number of hydrogen-bond donors (Lipinski definition) is 1. The lowest BCUT2D eigenvalue weighted by molar-refractivity contribution is -0.143. The molecule has 0 radical (unpaired) electrons. The number of benzene rings is 1. The zero-order chi connectivity index (χ0) is 18.3. The van der Waals surface area contributed by atoms with E-state index in [1.807, 2.05) is 0 Å². The van der Waals surface area contributed by atoms with Crippen molar-refractivity contribution in [3.63, 3.8) is 0 Å². The van der Waals surface area contributed by atoms with E-state index in [0.29, 0.717) is 11.3 Å². The highest BCUT2D eigenvalue weighted by Crippen LogP contribution is 2.23. The Morgan fingerprint density at radius 2 is 1.79 bits per heavy atom. The van der Waals surface area contributed by atoms with Crippen LogP contribution in [0.3, 0.4) is 0 Å². The maximum Gasteiger partial charge on any atom is 0.323 e. The number of Topliss-reactive ketones (excluding diaryl/α,β-unsaturated/α-hetero) is 1. The molecule has 0 aliphatic rings. The van der Waals surface area contributed by atoms with Crippen molar-refractivity contribution in [3.8, 4) is 5.75 Å². The second-order valence-electron chi connectivity index (χ2n) is 5.04. The van der Waals surface area contributed by atoms with Crippen LogP contribution in [0.5, 0.6) is 5.75 Å². The van der Waals surface area contributed by atoms with E-state index >= 15 is 0 Å². The molecule has 24 heavy (non-hydrogen) atoms. The minimum atomic E-state index is -1.15. The number of carboxylic acids is 1. The summed E-state index contributed by atoms with van der Waals surface area (Å²) in [5.74, 6) is -1.45. The number of hydrogen-bond acceptors (Lipinski definition) is 6. The summed E-state index contributed by atoms with van der Waals surface area (Å²) in [6.45, 7) is 0.845. The Morgan fingerprint density at radius 1 is 1.21 bits per heavy atom. The summed E-state index contributed by atoms with van der Waals surface area (Å²) < 4.78 is 5.02. The molecule has 1 atom stereocenters. The first-order chi connectivity index (χ1) is 11.2. The molecule has 1 unspecified atom stereocenters. The first-order valence-electron chi connectivity index (χ1n) is 7.05. The van der Waals surface area contributed by atoms with Gasteiger partial charge in [0.1, 0.15) is 12.3 Å². The number of carbonyl (C=O) groups excluding carboxylic acids is 3. The summed E-state index contributed by atoms with van der Waals surface area (Å²) in [7, 11) is 2.84. The minimum Gasteiger partial charge on any atom is -0.497 e. The number of ketones is 1. The lowest BCUT2D eigenvalue weighted by atomic mass is 10.1. The Balaban J connectivity index is 2.90. The molecule has 1 aromatic rings. The van der Waals surface area contributed by atoms with E-state index in [1.165, 1.54) is 21.1 Å². The van der Waals surface area contributed by atoms with E-state index in [0.717, 1.165) is 16.7 Å². The van der Waals surface area contributed by atoms with E-state index in [2.05, 4.69) is 0 Å². The van der Waals surface area contributed by atoms with Gasteiger partial charge >= 0.3 is 5.97 Å². The van der Waals surface area contributed by atoms with Crippen LogP contribution in [0.25, 0.3) is 0 Å². The van der Waals surface area contributed by atoms with Crippen LogP contribution in [0.2, 0.25) is 0 Å². The fraction of sp³-hybridized carbons (Fsp3) is 0.375. The lowest BCUT2D eigenvalue weighted by Gasteiger charge is -2.19. The second kappa shape index (κ2) is 9.07. The zero-order valence-electron chi connectivity index (χ0n) is 13.6. The normalized spacial score (nSPS) is 11.5. The number of aliphatic carboxylic acids is 1. The van der Waals surface area contributed by atoms with Gasteiger partial charge in [0.2, 0.25) is 5.91 Å². The van der Waals surface area contributed by atoms with Crippen LogP contribution in [0.1, 0.15) is 23.7 Å². The largest absolute Gasteiger partial charge is 0.497 e. The fourth-order valence-corrected chi connectivity index (χ4v) is 2.80. The molecule has 1 aromatic carbocycles. The smallest absolute Gasteiger partial charge is 0.323 e. The highest BCUT2D eigenvalue weighted by molar-refractivity contribution is 8.14. The van der Waals surface area contributed by atoms with Crippen LogP contribution in [0, 0.1) is 0 Å². The molecule has 0 aliphatic carbocycles. The number of rotatable bonds is 8.